The van der Waals surface area contributed by atoms with Crippen LogP contribution in [-0.2, 0) is 16.1 Å². The van der Waals surface area contributed by atoms with Gasteiger partial charge in [0.2, 0.25) is 5.60 Å². The van der Waals surface area contributed by atoms with Crippen molar-refractivity contribution in [3.63, 3.8) is 0 Å². The summed E-state index contributed by atoms with van der Waals surface area (Å²) in [6.45, 7) is 2.22. The molecule has 126 valence electrons. The highest BCUT2D eigenvalue weighted by atomic mass is 16.7. The van der Waals surface area contributed by atoms with Gasteiger partial charge < -0.3 is 19.3 Å². The topological polar surface area (TPSA) is 73.1 Å². The second-order valence-electron chi connectivity index (χ2n) is 5.82. The Balaban J connectivity index is 1.60. The minimum Gasteiger partial charge on any atom is -0.496 e. The van der Waals surface area contributed by atoms with E-state index in [1.807, 2.05) is 36.4 Å². The minimum atomic E-state index is -1.01. The zero-order valence-corrected chi connectivity index (χ0v) is 13.7. The number of carbonyl (C=O) groups is 1. The lowest BCUT2D eigenvalue weighted by atomic mass is 9.94. The molecule has 1 atom stereocenters. The lowest BCUT2D eigenvalue weighted by Gasteiger charge is -2.20. The number of para-hydroxylation sites is 1. The van der Waals surface area contributed by atoms with Crippen molar-refractivity contribution in [2.24, 2.45) is 5.16 Å². The van der Waals surface area contributed by atoms with E-state index in [1.54, 1.807) is 20.3 Å². The van der Waals surface area contributed by atoms with E-state index in [9.17, 15) is 4.79 Å². The average molecular weight is 328 g/mol. The molecule has 0 radical (unpaired) electrons. The number of rotatable bonds is 6. The summed E-state index contributed by atoms with van der Waals surface area (Å²) in [5.74, 6) is 1.35. The van der Waals surface area contributed by atoms with Crippen LogP contribution in [0.2, 0.25) is 0 Å². The van der Waals surface area contributed by atoms with E-state index < -0.39 is 5.60 Å². The number of benzene rings is 1. The van der Waals surface area contributed by atoms with Crippen molar-refractivity contribution in [2.75, 3.05) is 13.7 Å². The number of nitrogens with one attached hydrogen (secondary N) is 1. The van der Waals surface area contributed by atoms with Crippen molar-refractivity contribution in [1.82, 2.24) is 5.32 Å². The molecule has 0 saturated carbocycles. The third-order valence-corrected chi connectivity index (χ3v) is 4.00. The molecule has 0 saturated heterocycles. The maximum Gasteiger partial charge on any atom is 0.267 e. The highest BCUT2D eigenvalue weighted by Gasteiger charge is 2.42. The molecule has 1 amide bonds. The molecule has 6 heteroatoms. The maximum atomic E-state index is 12.5. The zero-order valence-electron chi connectivity index (χ0n) is 13.7. The van der Waals surface area contributed by atoms with E-state index in [4.69, 9.17) is 14.0 Å². The van der Waals surface area contributed by atoms with Gasteiger partial charge in [-0.15, -0.1) is 0 Å². The molecule has 6 nitrogen and oxygen atoms in total. The van der Waals surface area contributed by atoms with Crippen molar-refractivity contribution in [1.29, 1.82) is 0 Å². The molecule has 1 aromatic heterocycles. The Morgan fingerprint density at radius 3 is 2.92 bits per heavy atom. The van der Waals surface area contributed by atoms with Gasteiger partial charge in [0.15, 0.2) is 0 Å². The Hall–Kier alpha value is -2.76. The number of carbonyl (C=O) groups excluding carboxylic acids is 1. The third-order valence-electron chi connectivity index (χ3n) is 4.00. The first kappa shape index (κ1) is 16.1. The molecule has 2 aromatic rings. The Labute approximate surface area is 140 Å². The largest absolute Gasteiger partial charge is 0.496 e. The highest BCUT2D eigenvalue weighted by Crippen LogP contribution is 2.30. The Morgan fingerprint density at radius 1 is 1.33 bits per heavy atom. The van der Waals surface area contributed by atoms with Crippen molar-refractivity contribution in [2.45, 2.75) is 25.4 Å². The summed E-state index contributed by atoms with van der Waals surface area (Å²) in [6, 6.07) is 11.3. The molecule has 0 bridgehead atoms. The fraction of sp³-hybridized carbons (Fsp3) is 0.333. The number of amides is 1. The molecule has 24 heavy (non-hydrogen) atoms. The van der Waals surface area contributed by atoms with Crippen molar-refractivity contribution in [3.8, 4) is 5.75 Å². The van der Waals surface area contributed by atoms with Crippen molar-refractivity contribution < 1.29 is 18.8 Å². The van der Waals surface area contributed by atoms with E-state index >= 15 is 0 Å². The lowest BCUT2D eigenvalue weighted by molar-refractivity contribution is -0.141. The monoisotopic (exact) mass is 328 g/mol. The first-order valence-electron chi connectivity index (χ1n) is 7.81. The van der Waals surface area contributed by atoms with Crippen LogP contribution in [0.15, 0.2) is 52.2 Å². The van der Waals surface area contributed by atoms with Gasteiger partial charge in [0, 0.05) is 24.9 Å². The predicted octanol–water partition coefficient (Wildman–Crippen LogP) is 2.53. The highest BCUT2D eigenvalue weighted by molar-refractivity contribution is 6.07. The van der Waals surface area contributed by atoms with Crippen LogP contribution >= 0.6 is 0 Å². The molecule has 1 N–H and O–H groups in total. The Kier molecular flexibility index (Phi) is 4.55. The van der Waals surface area contributed by atoms with Crippen molar-refractivity contribution >= 4 is 11.6 Å². The van der Waals surface area contributed by atoms with Crippen LogP contribution in [0.3, 0.4) is 0 Å². The number of hydrogen-bond donors (Lipinski definition) is 1. The number of hydrogen-bond acceptors (Lipinski definition) is 5. The molecule has 1 unspecified atom stereocenters. The van der Waals surface area contributed by atoms with Gasteiger partial charge in [-0.25, -0.2) is 0 Å². The van der Waals surface area contributed by atoms with Crippen LogP contribution in [0, 0.1) is 0 Å². The first-order valence-corrected chi connectivity index (χ1v) is 7.81. The van der Waals surface area contributed by atoms with Crippen LogP contribution in [-0.4, -0.2) is 30.9 Å². The number of oxime groups is 1. The summed E-state index contributed by atoms with van der Waals surface area (Å²) in [7, 11) is 1.61. The van der Waals surface area contributed by atoms with Crippen LogP contribution in [0.1, 0.15) is 24.7 Å². The van der Waals surface area contributed by atoms with Crippen LogP contribution in [0.5, 0.6) is 5.75 Å². The quantitative estimate of drug-likeness (QED) is 0.884. The van der Waals surface area contributed by atoms with Crippen LogP contribution in [0.4, 0.5) is 0 Å². The second-order valence-corrected chi connectivity index (χ2v) is 5.82. The van der Waals surface area contributed by atoms with Gasteiger partial charge in [0.25, 0.3) is 5.91 Å². The second kappa shape index (κ2) is 6.78. The SMILES string of the molecule is COc1ccccc1C1=NOC(C)(C(=O)NCCc2ccco2)C1. The smallest absolute Gasteiger partial charge is 0.267 e. The van der Waals surface area contributed by atoms with Gasteiger partial charge in [-0.3, -0.25) is 4.79 Å². The summed E-state index contributed by atoms with van der Waals surface area (Å²) < 4.78 is 10.6. The molecule has 0 aliphatic carbocycles. The molecule has 3 rings (SSSR count). The molecular formula is C18H20N2O4. The Morgan fingerprint density at radius 2 is 2.17 bits per heavy atom. The van der Waals surface area contributed by atoms with Gasteiger partial charge in [-0.1, -0.05) is 17.3 Å². The fourth-order valence-electron chi connectivity index (χ4n) is 2.63. The van der Waals surface area contributed by atoms with Gasteiger partial charge in [-0.2, -0.15) is 0 Å². The standard InChI is InChI=1S/C18H20N2O4/c1-18(17(21)19-10-9-13-6-5-11-23-13)12-15(20-24-18)14-7-3-4-8-16(14)22-2/h3-8,11H,9-10,12H2,1-2H3,(H,19,21). The normalized spacial score (nSPS) is 19.5. The molecular weight excluding hydrogens is 308 g/mol. The fourth-order valence-corrected chi connectivity index (χ4v) is 2.63. The number of methoxy groups -OCH3 is 1. The minimum absolute atomic E-state index is 0.192. The van der Waals surface area contributed by atoms with Crippen LogP contribution in [0.25, 0.3) is 0 Å². The third kappa shape index (κ3) is 3.27. The van der Waals surface area contributed by atoms with E-state index in [-0.39, 0.29) is 5.91 Å². The summed E-state index contributed by atoms with van der Waals surface area (Å²) in [5, 5.41) is 6.98. The summed E-state index contributed by atoms with van der Waals surface area (Å²) in [4.78, 5) is 17.9. The molecule has 0 fully saturated rings. The zero-order chi connectivity index (χ0) is 17.0. The lowest BCUT2D eigenvalue weighted by Crippen LogP contribution is -2.45. The first-order chi connectivity index (χ1) is 11.6. The predicted molar refractivity (Wildman–Crippen MR) is 89.1 cm³/mol. The van der Waals surface area contributed by atoms with Crippen LogP contribution < -0.4 is 10.1 Å². The number of nitrogens with zero attached hydrogens (tertiary/aromatic N) is 1. The van der Waals surface area contributed by atoms with Gasteiger partial charge >= 0.3 is 0 Å². The van der Waals surface area contributed by atoms with Gasteiger partial charge in [0.05, 0.1) is 19.1 Å². The maximum absolute atomic E-state index is 12.5. The number of ether oxygens (including phenoxy) is 1. The molecule has 2 heterocycles. The van der Waals surface area contributed by atoms with E-state index in [2.05, 4.69) is 10.5 Å². The van der Waals surface area contributed by atoms with Gasteiger partial charge in [-0.05, 0) is 31.2 Å². The molecule has 1 aromatic carbocycles. The van der Waals surface area contributed by atoms with E-state index in [0.717, 1.165) is 11.3 Å². The molecule has 0 spiro atoms. The molecule has 1 aliphatic heterocycles. The molecule has 1 aliphatic rings. The number of furan rings is 1. The van der Waals surface area contributed by atoms with E-state index in [1.165, 1.54) is 0 Å². The van der Waals surface area contributed by atoms with Crippen molar-refractivity contribution in [3.05, 3.63) is 54.0 Å². The summed E-state index contributed by atoms with van der Waals surface area (Å²) >= 11 is 0. The van der Waals surface area contributed by atoms with Gasteiger partial charge in [0.1, 0.15) is 11.5 Å². The Bertz CT molecular complexity index is 739. The summed E-state index contributed by atoms with van der Waals surface area (Å²) in [6.07, 6.45) is 2.64. The average Bonchev–Trinajstić information content (AvgIpc) is 3.25. The van der Waals surface area contributed by atoms with E-state index in [0.29, 0.717) is 30.8 Å². The summed E-state index contributed by atoms with van der Waals surface area (Å²) in [5.41, 5.74) is 0.530.